The number of amides is 1. The van der Waals surface area contributed by atoms with E-state index in [1.807, 2.05) is 43.3 Å². The minimum absolute atomic E-state index is 0.0665. The van der Waals surface area contributed by atoms with Crippen molar-refractivity contribution in [3.63, 3.8) is 0 Å². The zero-order chi connectivity index (χ0) is 18.8. The van der Waals surface area contributed by atoms with Crippen molar-refractivity contribution in [3.05, 3.63) is 66.2 Å². The summed E-state index contributed by atoms with van der Waals surface area (Å²) < 4.78 is 15.8. The lowest BCUT2D eigenvalue weighted by Crippen LogP contribution is -2.28. The maximum atomic E-state index is 14.2. The molecule has 2 aromatic carbocycles. The molecule has 4 rings (SSSR count). The number of aromatic nitrogens is 2. The number of rotatable bonds is 5. The van der Waals surface area contributed by atoms with E-state index in [1.54, 1.807) is 6.07 Å². The van der Waals surface area contributed by atoms with Crippen molar-refractivity contribution in [2.75, 3.05) is 5.75 Å². The number of hydrogen-bond donors (Lipinski definition) is 1. The molecule has 0 bridgehead atoms. The van der Waals surface area contributed by atoms with E-state index in [0.717, 1.165) is 15.0 Å². The van der Waals surface area contributed by atoms with E-state index in [4.69, 9.17) is 0 Å². The largest absolute Gasteiger partial charge is 0.349 e. The number of carbonyl (C=O) groups is 1. The van der Waals surface area contributed by atoms with Gasteiger partial charge in [0.25, 0.3) is 0 Å². The number of nitrogens with zero attached hydrogens (tertiary/aromatic N) is 2. The van der Waals surface area contributed by atoms with Gasteiger partial charge in [-0.05, 0) is 24.6 Å². The Kier molecular flexibility index (Phi) is 5.05. The van der Waals surface area contributed by atoms with Crippen LogP contribution in [0.2, 0.25) is 0 Å². The summed E-state index contributed by atoms with van der Waals surface area (Å²) in [6, 6.07) is 14.7. The highest BCUT2D eigenvalue weighted by Gasteiger charge is 2.16. The van der Waals surface area contributed by atoms with Gasteiger partial charge in [0.05, 0.1) is 27.4 Å². The van der Waals surface area contributed by atoms with Crippen LogP contribution in [0.3, 0.4) is 0 Å². The Morgan fingerprint density at radius 2 is 2.00 bits per heavy atom. The quantitative estimate of drug-likeness (QED) is 0.382. The van der Waals surface area contributed by atoms with Crippen molar-refractivity contribution >= 4 is 49.3 Å². The first-order valence-corrected chi connectivity index (χ1v) is 10.2. The van der Waals surface area contributed by atoms with Gasteiger partial charge in [0.15, 0.2) is 0 Å². The number of carbonyl (C=O) groups excluding carboxylic acids is 1. The molecule has 136 valence electrons. The smallest absolute Gasteiger partial charge is 0.230 e. The number of thiophene rings is 1. The first-order valence-electron chi connectivity index (χ1n) is 8.42. The molecule has 0 radical (unpaired) electrons. The molecule has 0 saturated carbocycles. The van der Waals surface area contributed by atoms with Crippen molar-refractivity contribution in [3.8, 4) is 0 Å². The van der Waals surface area contributed by atoms with Gasteiger partial charge in [-0.1, -0.05) is 48.2 Å². The highest BCUT2D eigenvalue weighted by Crippen LogP contribution is 2.38. The first kappa shape index (κ1) is 17.9. The second kappa shape index (κ2) is 7.62. The lowest BCUT2D eigenvalue weighted by molar-refractivity contribution is -0.119. The van der Waals surface area contributed by atoms with Gasteiger partial charge >= 0.3 is 0 Å². The average Bonchev–Trinajstić information content (AvgIpc) is 3.07. The fraction of sp³-hybridized carbons (Fsp3) is 0.150. The van der Waals surface area contributed by atoms with E-state index < -0.39 is 0 Å². The number of benzene rings is 2. The number of hydrogen-bond acceptors (Lipinski definition) is 5. The second-order valence-corrected chi connectivity index (χ2v) is 8.08. The van der Waals surface area contributed by atoms with Crippen LogP contribution in [-0.2, 0) is 4.79 Å². The fourth-order valence-corrected chi connectivity index (χ4v) is 4.96. The summed E-state index contributed by atoms with van der Waals surface area (Å²) >= 11 is 2.79. The molecule has 0 unspecified atom stereocenters. The summed E-state index contributed by atoms with van der Waals surface area (Å²) in [5.74, 6) is -0.127. The minimum atomic E-state index is -0.289. The van der Waals surface area contributed by atoms with Gasteiger partial charge in [0, 0.05) is 4.70 Å². The Hall–Kier alpha value is -2.51. The van der Waals surface area contributed by atoms with E-state index >= 15 is 0 Å². The standard InChI is InChI=1S/C20H16FN3OS2/c1-12(13-6-3-2-4-7-13)24-16(25)10-26-20-19-18(22-11-23-20)17-14(21)8-5-9-15(17)27-19/h2-9,11-12H,10H2,1H3,(H,24,25)/t12-/m1/s1. The van der Waals surface area contributed by atoms with Crippen molar-refractivity contribution in [1.29, 1.82) is 0 Å². The predicted molar refractivity (Wildman–Crippen MR) is 109 cm³/mol. The number of fused-ring (bicyclic) bond motifs is 3. The summed E-state index contributed by atoms with van der Waals surface area (Å²) in [6.45, 7) is 1.95. The van der Waals surface area contributed by atoms with Crippen molar-refractivity contribution in [1.82, 2.24) is 15.3 Å². The maximum Gasteiger partial charge on any atom is 0.230 e. The monoisotopic (exact) mass is 397 g/mol. The number of nitrogens with one attached hydrogen (secondary N) is 1. The Balaban J connectivity index is 1.51. The normalized spacial score (nSPS) is 12.4. The molecule has 2 aromatic heterocycles. The van der Waals surface area contributed by atoms with Crippen LogP contribution in [0.5, 0.6) is 0 Å². The summed E-state index contributed by atoms with van der Waals surface area (Å²) in [5, 5.41) is 4.21. The Morgan fingerprint density at radius 3 is 2.81 bits per heavy atom. The van der Waals surface area contributed by atoms with Gasteiger partial charge in [0.1, 0.15) is 17.2 Å². The lowest BCUT2D eigenvalue weighted by atomic mass is 10.1. The van der Waals surface area contributed by atoms with Crippen LogP contribution in [0.15, 0.2) is 59.9 Å². The van der Waals surface area contributed by atoms with Gasteiger partial charge in [-0.3, -0.25) is 4.79 Å². The Labute approximate surface area is 163 Å². The molecule has 4 nitrogen and oxygen atoms in total. The van der Waals surface area contributed by atoms with E-state index in [-0.39, 0.29) is 23.5 Å². The summed E-state index contributed by atoms with van der Waals surface area (Å²) in [4.78, 5) is 20.9. The Bertz CT molecular complexity index is 1110. The SMILES string of the molecule is C[C@@H](NC(=O)CSc1ncnc2c1sc1cccc(F)c12)c1ccccc1. The van der Waals surface area contributed by atoms with Crippen molar-refractivity contribution < 1.29 is 9.18 Å². The zero-order valence-electron chi connectivity index (χ0n) is 14.5. The third-order valence-electron chi connectivity index (χ3n) is 4.21. The maximum absolute atomic E-state index is 14.2. The second-order valence-electron chi connectivity index (χ2n) is 6.06. The molecule has 0 saturated heterocycles. The zero-order valence-corrected chi connectivity index (χ0v) is 16.1. The third kappa shape index (κ3) is 3.65. The van der Waals surface area contributed by atoms with Gasteiger partial charge in [-0.25, -0.2) is 14.4 Å². The molecular formula is C20H16FN3OS2. The predicted octanol–water partition coefficient (Wildman–Crippen LogP) is 4.95. The minimum Gasteiger partial charge on any atom is -0.349 e. The van der Waals surface area contributed by atoms with Crippen LogP contribution in [0, 0.1) is 5.82 Å². The molecule has 0 aliphatic rings. The molecule has 2 heterocycles. The van der Waals surface area contributed by atoms with E-state index in [2.05, 4.69) is 15.3 Å². The fourth-order valence-electron chi connectivity index (χ4n) is 2.90. The van der Waals surface area contributed by atoms with Crippen LogP contribution in [0.4, 0.5) is 4.39 Å². The van der Waals surface area contributed by atoms with E-state index in [1.165, 1.54) is 35.5 Å². The Morgan fingerprint density at radius 1 is 1.19 bits per heavy atom. The molecule has 0 aliphatic heterocycles. The lowest BCUT2D eigenvalue weighted by Gasteiger charge is -2.14. The molecule has 4 aromatic rings. The molecule has 7 heteroatoms. The van der Waals surface area contributed by atoms with E-state index in [0.29, 0.717) is 15.9 Å². The van der Waals surface area contributed by atoms with Gasteiger partial charge < -0.3 is 5.32 Å². The topological polar surface area (TPSA) is 54.9 Å². The number of thioether (sulfide) groups is 1. The van der Waals surface area contributed by atoms with Crippen LogP contribution in [0.1, 0.15) is 18.5 Å². The molecule has 1 N–H and O–H groups in total. The molecular weight excluding hydrogens is 381 g/mol. The van der Waals surface area contributed by atoms with Crippen LogP contribution >= 0.6 is 23.1 Å². The third-order valence-corrected chi connectivity index (χ3v) is 6.48. The number of halogens is 1. The van der Waals surface area contributed by atoms with Gasteiger partial charge in [-0.2, -0.15) is 0 Å². The van der Waals surface area contributed by atoms with Gasteiger partial charge in [0.2, 0.25) is 5.91 Å². The highest BCUT2D eigenvalue weighted by molar-refractivity contribution is 8.00. The molecule has 0 spiro atoms. The summed E-state index contributed by atoms with van der Waals surface area (Å²) in [6.07, 6.45) is 1.42. The molecule has 27 heavy (non-hydrogen) atoms. The molecule has 0 fully saturated rings. The molecule has 1 atom stereocenters. The van der Waals surface area contributed by atoms with Crippen LogP contribution in [0.25, 0.3) is 20.3 Å². The van der Waals surface area contributed by atoms with Crippen molar-refractivity contribution in [2.45, 2.75) is 18.0 Å². The molecule has 0 aliphatic carbocycles. The van der Waals surface area contributed by atoms with Crippen molar-refractivity contribution in [2.24, 2.45) is 0 Å². The van der Waals surface area contributed by atoms with Gasteiger partial charge in [-0.15, -0.1) is 11.3 Å². The first-order chi connectivity index (χ1) is 13.1. The average molecular weight is 398 g/mol. The van der Waals surface area contributed by atoms with Crippen LogP contribution < -0.4 is 5.32 Å². The van der Waals surface area contributed by atoms with E-state index in [9.17, 15) is 9.18 Å². The van der Waals surface area contributed by atoms with Crippen LogP contribution in [-0.4, -0.2) is 21.6 Å². The molecule has 1 amide bonds. The highest BCUT2D eigenvalue weighted by atomic mass is 32.2. The summed E-state index contributed by atoms with van der Waals surface area (Å²) in [5.41, 5.74) is 1.66. The summed E-state index contributed by atoms with van der Waals surface area (Å²) in [7, 11) is 0.